The molecule has 0 aliphatic heterocycles. The minimum atomic E-state index is -0.336. The van der Waals surface area contributed by atoms with Gasteiger partial charge in [0.2, 0.25) is 5.91 Å². The van der Waals surface area contributed by atoms with Crippen molar-refractivity contribution in [1.29, 1.82) is 0 Å². The predicted molar refractivity (Wildman–Crippen MR) is 105 cm³/mol. The summed E-state index contributed by atoms with van der Waals surface area (Å²) in [6, 6.07) is 17.2. The Balaban J connectivity index is 1.86. The van der Waals surface area contributed by atoms with Gasteiger partial charge in [0.05, 0.1) is 11.4 Å². The molecule has 5 nitrogen and oxygen atoms in total. The molecule has 0 unspecified atom stereocenters. The number of hydrogen-bond acceptors (Lipinski definition) is 2. The fourth-order valence-corrected chi connectivity index (χ4v) is 2.82. The third-order valence-electron chi connectivity index (χ3n) is 4.27. The Kier molecular flexibility index (Phi) is 4.89. The zero-order chi connectivity index (χ0) is 18.7. The number of aryl methyl sites for hydroxylation is 1. The summed E-state index contributed by atoms with van der Waals surface area (Å²) >= 11 is 0. The fourth-order valence-electron chi connectivity index (χ4n) is 2.82. The third kappa shape index (κ3) is 3.52. The van der Waals surface area contributed by atoms with Gasteiger partial charge in [-0.05, 0) is 37.6 Å². The molecule has 0 aliphatic rings. The Bertz CT molecular complexity index is 1030. The lowest BCUT2D eigenvalue weighted by Crippen LogP contribution is -2.22. The molecule has 1 N–H and O–H groups in total. The Morgan fingerprint density at radius 1 is 1.04 bits per heavy atom. The van der Waals surface area contributed by atoms with Crippen LogP contribution >= 0.6 is 0 Å². The summed E-state index contributed by atoms with van der Waals surface area (Å²) in [6.07, 6.45) is 3.17. The smallest absolute Gasteiger partial charge is 0.295 e. The Morgan fingerprint density at radius 3 is 2.46 bits per heavy atom. The van der Waals surface area contributed by atoms with Gasteiger partial charge in [0, 0.05) is 13.1 Å². The standard InChI is InChI=1S/C21H21N3O2/c1-15-8-7-9-17(14-15)12-13-19(25)22-20-16(2)23(3)24(21(20)26)18-10-5-4-6-11-18/h4-14H,1-3H3,(H,22,25)/b13-12+. The van der Waals surface area contributed by atoms with Gasteiger partial charge in [-0.25, -0.2) is 4.68 Å². The van der Waals surface area contributed by atoms with E-state index in [0.717, 1.165) is 16.8 Å². The van der Waals surface area contributed by atoms with Crippen LogP contribution in [0.15, 0.2) is 65.5 Å². The summed E-state index contributed by atoms with van der Waals surface area (Å²) in [4.78, 5) is 25.0. The Labute approximate surface area is 152 Å². The third-order valence-corrected chi connectivity index (χ3v) is 4.27. The van der Waals surface area contributed by atoms with E-state index in [2.05, 4.69) is 5.32 Å². The largest absolute Gasteiger partial charge is 0.316 e. The molecule has 0 saturated heterocycles. The van der Waals surface area contributed by atoms with Crippen LogP contribution < -0.4 is 10.9 Å². The van der Waals surface area contributed by atoms with Crippen LogP contribution in [0.25, 0.3) is 11.8 Å². The highest BCUT2D eigenvalue weighted by atomic mass is 16.2. The van der Waals surface area contributed by atoms with Gasteiger partial charge in [-0.3, -0.25) is 14.3 Å². The summed E-state index contributed by atoms with van der Waals surface area (Å²) < 4.78 is 3.27. The summed E-state index contributed by atoms with van der Waals surface area (Å²) in [5.74, 6) is -0.336. The molecule has 3 rings (SSSR count). The van der Waals surface area contributed by atoms with Crippen LogP contribution in [-0.2, 0) is 11.8 Å². The van der Waals surface area contributed by atoms with E-state index in [1.165, 1.54) is 10.8 Å². The first-order valence-electron chi connectivity index (χ1n) is 8.37. The van der Waals surface area contributed by atoms with Gasteiger partial charge >= 0.3 is 0 Å². The fraction of sp³-hybridized carbons (Fsp3) is 0.143. The summed E-state index contributed by atoms with van der Waals surface area (Å²) in [5.41, 5.74) is 3.53. The van der Waals surface area contributed by atoms with E-state index in [0.29, 0.717) is 5.69 Å². The molecule has 0 radical (unpaired) electrons. The van der Waals surface area contributed by atoms with Crippen molar-refractivity contribution in [3.05, 3.63) is 87.8 Å². The van der Waals surface area contributed by atoms with Crippen LogP contribution in [0, 0.1) is 13.8 Å². The highest BCUT2D eigenvalue weighted by Gasteiger charge is 2.17. The van der Waals surface area contributed by atoms with Crippen molar-refractivity contribution < 1.29 is 4.79 Å². The summed E-state index contributed by atoms with van der Waals surface area (Å²) in [7, 11) is 1.79. The monoisotopic (exact) mass is 347 g/mol. The molecule has 132 valence electrons. The second-order valence-corrected chi connectivity index (χ2v) is 6.17. The van der Waals surface area contributed by atoms with E-state index in [-0.39, 0.29) is 17.2 Å². The van der Waals surface area contributed by atoms with E-state index in [1.807, 2.05) is 61.5 Å². The maximum Gasteiger partial charge on any atom is 0.295 e. The zero-order valence-corrected chi connectivity index (χ0v) is 15.1. The van der Waals surface area contributed by atoms with E-state index in [4.69, 9.17) is 0 Å². The quantitative estimate of drug-likeness (QED) is 0.735. The first kappa shape index (κ1) is 17.5. The lowest BCUT2D eigenvalue weighted by Gasteiger charge is -2.07. The zero-order valence-electron chi connectivity index (χ0n) is 15.1. The van der Waals surface area contributed by atoms with Crippen molar-refractivity contribution in [2.24, 2.45) is 7.05 Å². The predicted octanol–water partition coefficient (Wildman–Crippen LogP) is 3.44. The van der Waals surface area contributed by atoms with Crippen LogP contribution in [0.1, 0.15) is 16.8 Å². The average Bonchev–Trinajstić information content (AvgIpc) is 2.84. The highest BCUT2D eigenvalue weighted by Crippen LogP contribution is 2.14. The van der Waals surface area contributed by atoms with Crippen molar-refractivity contribution in [2.45, 2.75) is 13.8 Å². The number of hydrogen-bond donors (Lipinski definition) is 1. The van der Waals surface area contributed by atoms with Crippen molar-refractivity contribution in [3.63, 3.8) is 0 Å². The summed E-state index contributed by atoms with van der Waals surface area (Å²) in [5, 5.41) is 2.71. The SMILES string of the molecule is Cc1cccc(/C=C/C(=O)Nc2c(C)n(C)n(-c3ccccc3)c2=O)c1. The number of benzene rings is 2. The number of anilines is 1. The number of amides is 1. The van der Waals surface area contributed by atoms with Gasteiger partial charge in [-0.2, -0.15) is 0 Å². The molecular formula is C21H21N3O2. The van der Waals surface area contributed by atoms with Crippen molar-refractivity contribution in [3.8, 4) is 5.69 Å². The molecule has 1 heterocycles. The molecule has 1 aromatic heterocycles. The van der Waals surface area contributed by atoms with Gasteiger partial charge in [0.25, 0.3) is 5.56 Å². The number of carbonyl (C=O) groups excluding carboxylic acids is 1. The number of rotatable bonds is 4. The van der Waals surface area contributed by atoms with Gasteiger partial charge < -0.3 is 5.32 Å². The Hall–Kier alpha value is -3.34. The maximum atomic E-state index is 12.8. The lowest BCUT2D eigenvalue weighted by molar-refractivity contribution is -0.111. The van der Waals surface area contributed by atoms with Gasteiger partial charge in [0.15, 0.2) is 0 Å². The first-order chi connectivity index (χ1) is 12.5. The number of carbonyl (C=O) groups is 1. The molecule has 5 heteroatoms. The molecule has 1 amide bonds. The first-order valence-corrected chi connectivity index (χ1v) is 8.37. The molecule has 2 aromatic carbocycles. The highest BCUT2D eigenvalue weighted by molar-refractivity contribution is 6.02. The van der Waals surface area contributed by atoms with E-state index >= 15 is 0 Å². The molecule has 0 saturated carbocycles. The molecule has 0 aliphatic carbocycles. The minimum Gasteiger partial charge on any atom is -0.316 e. The van der Waals surface area contributed by atoms with Crippen LogP contribution in [0.4, 0.5) is 5.69 Å². The number of aromatic nitrogens is 2. The van der Waals surface area contributed by atoms with Crippen molar-refractivity contribution in [1.82, 2.24) is 9.36 Å². The van der Waals surface area contributed by atoms with Crippen molar-refractivity contribution >= 4 is 17.7 Å². The number of nitrogens with one attached hydrogen (secondary N) is 1. The van der Waals surface area contributed by atoms with E-state index in [1.54, 1.807) is 24.7 Å². The number of para-hydroxylation sites is 1. The molecule has 26 heavy (non-hydrogen) atoms. The van der Waals surface area contributed by atoms with Crippen LogP contribution in [0.2, 0.25) is 0 Å². The van der Waals surface area contributed by atoms with E-state index < -0.39 is 0 Å². The number of nitrogens with zero attached hydrogens (tertiary/aromatic N) is 2. The molecule has 0 fully saturated rings. The van der Waals surface area contributed by atoms with Gasteiger partial charge in [0.1, 0.15) is 5.69 Å². The summed E-state index contributed by atoms with van der Waals surface area (Å²) in [6.45, 7) is 3.80. The molecular weight excluding hydrogens is 326 g/mol. The van der Waals surface area contributed by atoms with Crippen molar-refractivity contribution in [2.75, 3.05) is 5.32 Å². The molecule has 0 bridgehead atoms. The second-order valence-electron chi connectivity index (χ2n) is 6.17. The molecule has 3 aromatic rings. The topological polar surface area (TPSA) is 56.0 Å². The Morgan fingerprint density at radius 2 is 1.77 bits per heavy atom. The minimum absolute atomic E-state index is 0.256. The van der Waals surface area contributed by atoms with Gasteiger partial charge in [-0.1, -0.05) is 48.0 Å². The molecule has 0 spiro atoms. The average molecular weight is 347 g/mol. The van der Waals surface area contributed by atoms with Crippen LogP contribution in [0.3, 0.4) is 0 Å². The normalized spacial score (nSPS) is 11.0. The van der Waals surface area contributed by atoms with Crippen LogP contribution in [0.5, 0.6) is 0 Å². The van der Waals surface area contributed by atoms with Gasteiger partial charge in [-0.15, -0.1) is 0 Å². The lowest BCUT2D eigenvalue weighted by atomic mass is 10.1. The second kappa shape index (κ2) is 7.27. The van der Waals surface area contributed by atoms with E-state index in [9.17, 15) is 9.59 Å². The maximum absolute atomic E-state index is 12.8. The van der Waals surface area contributed by atoms with Crippen LogP contribution in [-0.4, -0.2) is 15.3 Å². The molecule has 0 atom stereocenters.